The molecule has 3 aromatic carbocycles. The summed E-state index contributed by atoms with van der Waals surface area (Å²) in [6.07, 6.45) is -1.30. The van der Waals surface area contributed by atoms with Gasteiger partial charge in [0, 0.05) is 5.56 Å². The molecule has 0 radical (unpaired) electrons. The molecule has 9 heteroatoms. The predicted octanol–water partition coefficient (Wildman–Crippen LogP) is 5.15. The van der Waals surface area contributed by atoms with Gasteiger partial charge in [-0.2, -0.15) is 8.78 Å². The van der Waals surface area contributed by atoms with Crippen molar-refractivity contribution in [3.8, 4) is 17.2 Å². The second-order valence-corrected chi connectivity index (χ2v) is 7.13. The molecule has 0 heterocycles. The standard InChI is InChI=1S/C25H23F2NO6/c1-15-9-11-19(31-2)18(13-15)28-23(29)22(16-7-5-4-6-8-16)34-24(30)17-10-12-20(33-25(26)27)21(14-17)32-3/h4-14,22,25H,1-3H3,(H,28,29). The van der Waals surface area contributed by atoms with Crippen LogP contribution in [0.3, 0.4) is 0 Å². The Bertz CT molecular complexity index is 1150. The number of carbonyl (C=O) groups is 2. The van der Waals surface area contributed by atoms with Crippen LogP contribution in [-0.4, -0.2) is 32.7 Å². The number of ether oxygens (including phenoxy) is 4. The van der Waals surface area contributed by atoms with Crippen LogP contribution >= 0.6 is 0 Å². The van der Waals surface area contributed by atoms with Gasteiger partial charge in [0.05, 0.1) is 25.5 Å². The van der Waals surface area contributed by atoms with Crippen molar-refractivity contribution in [2.75, 3.05) is 19.5 Å². The lowest BCUT2D eigenvalue weighted by Crippen LogP contribution is -2.26. The zero-order chi connectivity index (χ0) is 24.7. The van der Waals surface area contributed by atoms with E-state index in [2.05, 4.69) is 10.1 Å². The van der Waals surface area contributed by atoms with E-state index in [1.807, 2.05) is 13.0 Å². The molecule has 178 valence electrons. The van der Waals surface area contributed by atoms with Gasteiger partial charge < -0.3 is 24.3 Å². The fourth-order valence-electron chi connectivity index (χ4n) is 3.18. The number of esters is 1. The number of benzene rings is 3. The van der Waals surface area contributed by atoms with Crippen molar-refractivity contribution in [1.29, 1.82) is 0 Å². The SMILES string of the molecule is COc1ccc(C)cc1NC(=O)C(OC(=O)c1ccc(OC(F)F)c(OC)c1)c1ccccc1. The van der Waals surface area contributed by atoms with Crippen LogP contribution in [0.4, 0.5) is 14.5 Å². The highest BCUT2D eigenvalue weighted by Gasteiger charge is 2.27. The molecular weight excluding hydrogens is 448 g/mol. The van der Waals surface area contributed by atoms with Gasteiger partial charge in [-0.05, 0) is 42.8 Å². The van der Waals surface area contributed by atoms with Gasteiger partial charge in [0.1, 0.15) is 5.75 Å². The Hall–Kier alpha value is -4.14. The van der Waals surface area contributed by atoms with Gasteiger partial charge in [0.25, 0.3) is 5.91 Å². The Morgan fingerprint density at radius 1 is 0.853 bits per heavy atom. The maximum Gasteiger partial charge on any atom is 0.387 e. The smallest absolute Gasteiger partial charge is 0.387 e. The maximum atomic E-state index is 13.2. The zero-order valence-corrected chi connectivity index (χ0v) is 18.7. The number of halogens is 2. The van der Waals surface area contributed by atoms with Crippen molar-refractivity contribution in [1.82, 2.24) is 0 Å². The van der Waals surface area contributed by atoms with Crippen molar-refractivity contribution in [2.45, 2.75) is 19.6 Å². The van der Waals surface area contributed by atoms with E-state index < -0.39 is 24.6 Å². The Morgan fingerprint density at radius 3 is 2.18 bits per heavy atom. The number of anilines is 1. The van der Waals surface area contributed by atoms with Crippen LogP contribution < -0.4 is 19.5 Å². The number of methoxy groups -OCH3 is 2. The van der Waals surface area contributed by atoms with Crippen molar-refractivity contribution >= 4 is 17.6 Å². The number of hydrogen-bond donors (Lipinski definition) is 1. The van der Waals surface area contributed by atoms with Crippen LogP contribution in [0.15, 0.2) is 66.7 Å². The molecule has 1 atom stereocenters. The molecule has 0 aliphatic heterocycles. The summed E-state index contributed by atoms with van der Waals surface area (Å²) in [4.78, 5) is 26.1. The molecular formula is C25H23F2NO6. The molecule has 1 amide bonds. The van der Waals surface area contributed by atoms with Gasteiger partial charge in [0.2, 0.25) is 6.10 Å². The summed E-state index contributed by atoms with van der Waals surface area (Å²) < 4.78 is 45.4. The molecule has 0 saturated heterocycles. The van der Waals surface area contributed by atoms with Crippen LogP contribution in [0.25, 0.3) is 0 Å². The Kier molecular flexibility index (Phi) is 8.02. The van der Waals surface area contributed by atoms with E-state index in [0.717, 1.165) is 11.6 Å². The summed E-state index contributed by atoms with van der Waals surface area (Å²) in [6.45, 7) is -1.20. The third kappa shape index (κ3) is 6.00. The van der Waals surface area contributed by atoms with Crippen molar-refractivity contribution in [2.24, 2.45) is 0 Å². The van der Waals surface area contributed by atoms with Gasteiger partial charge in [-0.3, -0.25) is 4.79 Å². The average molecular weight is 471 g/mol. The van der Waals surface area contributed by atoms with Gasteiger partial charge >= 0.3 is 12.6 Å². The molecule has 0 spiro atoms. The maximum absolute atomic E-state index is 13.2. The third-order valence-corrected chi connectivity index (χ3v) is 4.79. The number of alkyl halides is 2. The first-order chi connectivity index (χ1) is 16.3. The monoisotopic (exact) mass is 471 g/mol. The van der Waals surface area contributed by atoms with E-state index in [4.69, 9.17) is 14.2 Å². The fraction of sp³-hybridized carbons (Fsp3) is 0.200. The first-order valence-corrected chi connectivity index (χ1v) is 10.2. The summed E-state index contributed by atoms with van der Waals surface area (Å²) in [6, 6.07) is 17.3. The van der Waals surface area contributed by atoms with E-state index in [0.29, 0.717) is 17.0 Å². The van der Waals surface area contributed by atoms with E-state index in [1.165, 1.54) is 26.4 Å². The highest BCUT2D eigenvalue weighted by Crippen LogP contribution is 2.31. The molecule has 34 heavy (non-hydrogen) atoms. The van der Waals surface area contributed by atoms with E-state index in [1.54, 1.807) is 42.5 Å². The number of amides is 1. The second-order valence-electron chi connectivity index (χ2n) is 7.13. The quantitative estimate of drug-likeness (QED) is 0.435. The largest absolute Gasteiger partial charge is 0.495 e. The molecule has 0 aliphatic carbocycles. The van der Waals surface area contributed by atoms with E-state index in [9.17, 15) is 18.4 Å². The van der Waals surface area contributed by atoms with Gasteiger partial charge in [-0.15, -0.1) is 0 Å². The van der Waals surface area contributed by atoms with E-state index in [-0.39, 0.29) is 17.1 Å². The normalized spacial score (nSPS) is 11.5. The minimum atomic E-state index is -3.06. The van der Waals surface area contributed by atoms with Crippen molar-refractivity contribution in [3.63, 3.8) is 0 Å². The number of rotatable bonds is 9. The lowest BCUT2D eigenvalue weighted by molar-refractivity contribution is -0.125. The summed E-state index contributed by atoms with van der Waals surface area (Å²) in [5.41, 5.74) is 1.73. The molecule has 0 aromatic heterocycles. The number of aryl methyl sites for hydroxylation is 1. The second kappa shape index (κ2) is 11.1. The average Bonchev–Trinajstić information content (AvgIpc) is 2.83. The molecule has 0 fully saturated rings. The topological polar surface area (TPSA) is 83.1 Å². The Labute approximate surface area is 195 Å². The van der Waals surface area contributed by atoms with Crippen LogP contribution in [-0.2, 0) is 9.53 Å². The van der Waals surface area contributed by atoms with Crippen molar-refractivity contribution < 1.29 is 37.3 Å². The van der Waals surface area contributed by atoms with Gasteiger partial charge in [-0.25, -0.2) is 4.79 Å². The highest BCUT2D eigenvalue weighted by molar-refractivity contribution is 5.99. The fourth-order valence-corrected chi connectivity index (χ4v) is 3.18. The van der Waals surface area contributed by atoms with Crippen LogP contribution in [0, 0.1) is 6.92 Å². The molecule has 0 saturated carbocycles. The number of hydrogen-bond acceptors (Lipinski definition) is 6. The first kappa shape index (κ1) is 24.5. The molecule has 0 bridgehead atoms. The predicted molar refractivity (Wildman–Crippen MR) is 121 cm³/mol. The Morgan fingerprint density at radius 2 is 1.53 bits per heavy atom. The van der Waals surface area contributed by atoms with Crippen LogP contribution in [0.2, 0.25) is 0 Å². The van der Waals surface area contributed by atoms with Crippen LogP contribution in [0.5, 0.6) is 17.2 Å². The van der Waals surface area contributed by atoms with E-state index >= 15 is 0 Å². The Balaban J connectivity index is 1.88. The molecule has 1 unspecified atom stereocenters. The summed E-state index contributed by atoms with van der Waals surface area (Å²) in [5, 5.41) is 2.74. The molecule has 1 N–H and O–H groups in total. The number of carbonyl (C=O) groups excluding carboxylic acids is 2. The lowest BCUT2D eigenvalue weighted by atomic mass is 10.1. The summed E-state index contributed by atoms with van der Waals surface area (Å²) in [7, 11) is 2.72. The highest BCUT2D eigenvalue weighted by atomic mass is 19.3. The zero-order valence-electron chi connectivity index (χ0n) is 18.7. The third-order valence-electron chi connectivity index (χ3n) is 4.79. The first-order valence-electron chi connectivity index (χ1n) is 10.2. The minimum absolute atomic E-state index is 0.0136. The van der Waals surface area contributed by atoms with Crippen LogP contribution in [0.1, 0.15) is 27.6 Å². The molecule has 3 aromatic rings. The molecule has 3 rings (SSSR count). The molecule has 0 aliphatic rings. The molecule has 7 nitrogen and oxygen atoms in total. The number of nitrogens with one attached hydrogen (secondary N) is 1. The summed E-state index contributed by atoms with van der Waals surface area (Å²) in [5.74, 6) is -1.34. The van der Waals surface area contributed by atoms with Crippen molar-refractivity contribution in [3.05, 3.63) is 83.4 Å². The lowest BCUT2D eigenvalue weighted by Gasteiger charge is -2.19. The van der Waals surface area contributed by atoms with Gasteiger partial charge in [-0.1, -0.05) is 36.4 Å². The minimum Gasteiger partial charge on any atom is -0.495 e. The summed E-state index contributed by atoms with van der Waals surface area (Å²) >= 11 is 0. The van der Waals surface area contributed by atoms with Gasteiger partial charge in [0.15, 0.2) is 11.5 Å².